The maximum Gasteiger partial charge on any atom is 0.312 e. The fourth-order valence-corrected chi connectivity index (χ4v) is 3.46. The molecule has 3 rings (SSSR count). The first-order valence-corrected chi connectivity index (χ1v) is 8.89. The molecule has 0 spiro atoms. The molecule has 0 saturated heterocycles. The standard InChI is InChI=1S/C15H11FN2O3S2/c16-12-3-1-2-4-13(12)18-14(9-22-15(18)19)10-5-7-11(8-6-10)23(17,20)21/h1-9H,(H2,17,20,21). The molecule has 23 heavy (non-hydrogen) atoms. The molecule has 0 fully saturated rings. The zero-order chi connectivity index (χ0) is 16.6. The lowest BCUT2D eigenvalue weighted by Crippen LogP contribution is -2.14. The summed E-state index contributed by atoms with van der Waals surface area (Å²) in [6, 6.07) is 11.7. The van der Waals surface area contributed by atoms with Gasteiger partial charge < -0.3 is 0 Å². The molecular formula is C15H11FN2O3S2. The molecule has 0 atom stereocenters. The normalized spacial score (nSPS) is 11.6. The summed E-state index contributed by atoms with van der Waals surface area (Å²) in [5.41, 5.74) is 1.20. The van der Waals surface area contributed by atoms with Crippen LogP contribution >= 0.6 is 11.3 Å². The summed E-state index contributed by atoms with van der Waals surface area (Å²) in [7, 11) is -3.79. The predicted octanol–water partition coefficient (Wildman–Crippen LogP) is 2.35. The van der Waals surface area contributed by atoms with E-state index < -0.39 is 15.8 Å². The Balaban J connectivity index is 2.16. The number of hydrogen-bond acceptors (Lipinski definition) is 4. The van der Waals surface area contributed by atoms with Crippen molar-refractivity contribution in [2.24, 2.45) is 5.14 Å². The first kappa shape index (κ1) is 15.6. The van der Waals surface area contributed by atoms with Crippen LogP contribution in [0.15, 0.2) is 63.6 Å². The van der Waals surface area contributed by atoms with Crippen LogP contribution in [0.4, 0.5) is 4.39 Å². The van der Waals surface area contributed by atoms with Crippen molar-refractivity contribution in [1.82, 2.24) is 4.57 Å². The fourth-order valence-electron chi connectivity index (χ4n) is 2.18. The number of rotatable bonds is 3. The Morgan fingerprint density at radius 3 is 2.30 bits per heavy atom. The zero-order valence-corrected chi connectivity index (χ0v) is 13.3. The minimum absolute atomic E-state index is 0.0312. The maximum atomic E-state index is 14.0. The zero-order valence-electron chi connectivity index (χ0n) is 11.6. The van der Waals surface area contributed by atoms with Crippen molar-refractivity contribution < 1.29 is 12.8 Å². The summed E-state index contributed by atoms with van der Waals surface area (Å²) < 4.78 is 37.8. The van der Waals surface area contributed by atoms with Gasteiger partial charge in [0.05, 0.1) is 16.3 Å². The number of nitrogens with two attached hydrogens (primary N) is 1. The smallest absolute Gasteiger partial charge is 0.264 e. The number of nitrogens with zero attached hydrogens (tertiary/aromatic N) is 1. The van der Waals surface area contributed by atoms with E-state index in [0.717, 1.165) is 11.3 Å². The molecule has 0 amide bonds. The van der Waals surface area contributed by atoms with Crippen LogP contribution in [0.5, 0.6) is 0 Å². The molecule has 1 aromatic heterocycles. The van der Waals surface area contributed by atoms with E-state index in [4.69, 9.17) is 5.14 Å². The van der Waals surface area contributed by atoms with Crippen LogP contribution < -0.4 is 10.0 Å². The van der Waals surface area contributed by atoms with Crippen LogP contribution in [-0.4, -0.2) is 13.0 Å². The second-order valence-electron chi connectivity index (χ2n) is 4.74. The third-order valence-electron chi connectivity index (χ3n) is 3.27. The van der Waals surface area contributed by atoms with E-state index in [1.807, 2.05) is 0 Å². The molecule has 0 bridgehead atoms. The van der Waals surface area contributed by atoms with Gasteiger partial charge in [0.1, 0.15) is 5.82 Å². The second-order valence-corrected chi connectivity index (χ2v) is 7.13. The topological polar surface area (TPSA) is 82.2 Å². The maximum absolute atomic E-state index is 14.0. The van der Waals surface area contributed by atoms with Gasteiger partial charge in [-0.2, -0.15) is 0 Å². The number of aromatic nitrogens is 1. The molecule has 2 aromatic carbocycles. The summed E-state index contributed by atoms with van der Waals surface area (Å²) >= 11 is 0.937. The molecule has 0 aliphatic heterocycles. The van der Waals surface area contributed by atoms with E-state index in [-0.39, 0.29) is 15.5 Å². The summed E-state index contributed by atoms with van der Waals surface area (Å²) in [5.74, 6) is -0.518. The van der Waals surface area contributed by atoms with Crippen molar-refractivity contribution in [2.75, 3.05) is 0 Å². The monoisotopic (exact) mass is 350 g/mol. The Labute approximate surface area is 135 Å². The van der Waals surface area contributed by atoms with Crippen LogP contribution in [0.25, 0.3) is 16.9 Å². The van der Waals surface area contributed by atoms with Crippen molar-refractivity contribution >= 4 is 21.4 Å². The van der Waals surface area contributed by atoms with E-state index in [9.17, 15) is 17.6 Å². The van der Waals surface area contributed by atoms with Crippen LogP contribution in [0.2, 0.25) is 0 Å². The molecule has 3 aromatic rings. The van der Waals surface area contributed by atoms with Gasteiger partial charge in [0.15, 0.2) is 0 Å². The van der Waals surface area contributed by atoms with E-state index >= 15 is 0 Å². The first-order valence-electron chi connectivity index (χ1n) is 6.46. The summed E-state index contributed by atoms with van der Waals surface area (Å²) in [6.45, 7) is 0. The highest BCUT2D eigenvalue weighted by Gasteiger charge is 2.15. The molecule has 118 valence electrons. The van der Waals surface area contributed by atoms with E-state index in [0.29, 0.717) is 11.3 Å². The van der Waals surface area contributed by atoms with E-state index in [1.165, 1.54) is 47.0 Å². The molecular weight excluding hydrogens is 339 g/mol. The summed E-state index contributed by atoms with van der Waals surface area (Å²) in [5, 5.41) is 6.66. The molecule has 2 N–H and O–H groups in total. The molecule has 0 aliphatic rings. The number of hydrogen-bond donors (Lipinski definition) is 1. The highest BCUT2D eigenvalue weighted by atomic mass is 32.2. The molecule has 0 aliphatic carbocycles. The van der Waals surface area contributed by atoms with Crippen LogP contribution in [0.1, 0.15) is 0 Å². The van der Waals surface area contributed by atoms with Crippen molar-refractivity contribution in [3.8, 4) is 16.9 Å². The SMILES string of the molecule is NS(=O)(=O)c1ccc(-c2csc(=O)n2-c2ccccc2F)cc1. The van der Waals surface area contributed by atoms with Gasteiger partial charge in [-0.25, -0.2) is 17.9 Å². The largest absolute Gasteiger partial charge is 0.312 e. The number of halogens is 1. The average Bonchev–Trinajstić information content (AvgIpc) is 2.89. The average molecular weight is 350 g/mol. The quantitative estimate of drug-likeness (QED) is 0.787. The Hall–Kier alpha value is -2.29. The number of thiazole rings is 1. The van der Waals surface area contributed by atoms with Crippen molar-refractivity contribution in [1.29, 1.82) is 0 Å². The van der Waals surface area contributed by atoms with Gasteiger partial charge in [0.2, 0.25) is 10.0 Å². The van der Waals surface area contributed by atoms with Gasteiger partial charge in [0, 0.05) is 5.38 Å². The lowest BCUT2D eigenvalue weighted by atomic mass is 10.1. The Morgan fingerprint density at radius 2 is 1.70 bits per heavy atom. The molecule has 8 heteroatoms. The molecule has 5 nitrogen and oxygen atoms in total. The van der Waals surface area contributed by atoms with Gasteiger partial charge in [0.25, 0.3) is 0 Å². The Kier molecular flexibility index (Phi) is 3.88. The van der Waals surface area contributed by atoms with Gasteiger partial charge >= 0.3 is 4.87 Å². The molecule has 1 heterocycles. The van der Waals surface area contributed by atoms with Crippen LogP contribution in [-0.2, 0) is 10.0 Å². The summed E-state index contributed by atoms with van der Waals surface area (Å²) in [6.07, 6.45) is 0. The van der Waals surface area contributed by atoms with Crippen molar-refractivity contribution in [3.63, 3.8) is 0 Å². The molecule has 0 saturated carbocycles. The van der Waals surface area contributed by atoms with Gasteiger partial charge in [-0.15, -0.1) is 0 Å². The van der Waals surface area contributed by atoms with Gasteiger partial charge in [-0.3, -0.25) is 9.36 Å². The predicted molar refractivity (Wildman–Crippen MR) is 86.7 cm³/mol. The van der Waals surface area contributed by atoms with Gasteiger partial charge in [-0.1, -0.05) is 35.6 Å². The van der Waals surface area contributed by atoms with Crippen LogP contribution in [0, 0.1) is 5.82 Å². The second kappa shape index (κ2) is 5.73. The van der Waals surface area contributed by atoms with E-state index in [2.05, 4.69) is 0 Å². The van der Waals surface area contributed by atoms with Crippen molar-refractivity contribution in [3.05, 3.63) is 69.4 Å². The highest BCUT2D eigenvalue weighted by molar-refractivity contribution is 7.89. The minimum Gasteiger partial charge on any atom is -0.264 e. The molecule has 0 radical (unpaired) electrons. The number of para-hydroxylation sites is 1. The molecule has 0 unspecified atom stereocenters. The third kappa shape index (κ3) is 2.96. The van der Waals surface area contributed by atoms with Crippen molar-refractivity contribution in [2.45, 2.75) is 4.90 Å². The number of benzene rings is 2. The lowest BCUT2D eigenvalue weighted by Gasteiger charge is -2.09. The summed E-state index contributed by atoms with van der Waals surface area (Å²) in [4.78, 5) is 11.7. The highest BCUT2D eigenvalue weighted by Crippen LogP contribution is 2.25. The lowest BCUT2D eigenvalue weighted by molar-refractivity contribution is 0.598. The first-order chi connectivity index (χ1) is 10.9. The van der Waals surface area contributed by atoms with E-state index in [1.54, 1.807) is 11.4 Å². The Morgan fingerprint density at radius 1 is 1.04 bits per heavy atom. The Bertz CT molecular complexity index is 1020. The fraction of sp³-hybridized carbons (Fsp3) is 0. The number of primary sulfonamides is 1. The number of sulfonamides is 1. The van der Waals surface area contributed by atoms with Gasteiger partial charge in [-0.05, 0) is 29.8 Å². The third-order valence-corrected chi connectivity index (χ3v) is 4.92. The minimum atomic E-state index is -3.79. The van der Waals surface area contributed by atoms with Crippen LogP contribution in [0.3, 0.4) is 0 Å².